The topological polar surface area (TPSA) is 93.5 Å². The highest BCUT2D eigenvalue weighted by molar-refractivity contribution is 7.89. The van der Waals surface area contributed by atoms with Crippen LogP contribution in [-0.4, -0.2) is 61.9 Å². The number of amides is 1. The number of carbonyl (C=O) groups is 1. The van der Waals surface area contributed by atoms with Crippen molar-refractivity contribution in [3.8, 4) is 0 Å². The molecular formula is C13H20F2N4O4S. The number of nitrogens with one attached hydrogen (secondary N) is 1. The number of carbonyl (C=O) groups excluding carboxylic acids is 1. The molecule has 1 aromatic heterocycles. The van der Waals surface area contributed by atoms with Crippen molar-refractivity contribution >= 4 is 15.9 Å². The molecule has 24 heavy (non-hydrogen) atoms. The summed E-state index contributed by atoms with van der Waals surface area (Å²) in [6, 6.07) is 0. The average molecular weight is 366 g/mol. The number of morpholine rings is 1. The molecule has 0 bridgehead atoms. The fraction of sp³-hybridized carbons (Fsp3) is 0.692. The van der Waals surface area contributed by atoms with Gasteiger partial charge < -0.3 is 9.64 Å². The molecule has 0 aromatic carbocycles. The number of halogens is 2. The molecule has 2 rings (SSSR count). The van der Waals surface area contributed by atoms with E-state index in [-0.39, 0.29) is 35.2 Å². The van der Waals surface area contributed by atoms with E-state index in [2.05, 4.69) is 9.82 Å². The monoisotopic (exact) mass is 366 g/mol. The Kier molecular flexibility index (Phi) is 5.88. The second-order valence-corrected chi connectivity index (χ2v) is 7.07. The fourth-order valence-corrected chi connectivity index (χ4v) is 3.99. The van der Waals surface area contributed by atoms with E-state index in [1.807, 2.05) is 0 Å². The van der Waals surface area contributed by atoms with Crippen LogP contribution in [0.4, 0.5) is 8.78 Å². The first kappa shape index (κ1) is 18.7. The Morgan fingerprint density at radius 3 is 2.50 bits per heavy atom. The van der Waals surface area contributed by atoms with Gasteiger partial charge in [-0.15, -0.1) is 0 Å². The van der Waals surface area contributed by atoms with Crippen LogP contribution >= 0.6 is 0 Å². The van der Waals surface area contributed by atoms with Crippen molar-refractivity contribution < 1.29 is 26.7 Å². The smallest absolute Gasteiger partial charge is 0.333 e. The Hall–Kier alpha value is -1.59. The minimum Gasteiger partial charge on any atom is -0.378 e. The molecule has 1 N–H and O–H groups in total. The second-order valence-electron chi connectivity index (χ2n) is 5.36. The van der Waals surface area contributed by atoms with Crippen LogP contribution in [0.15, 0.2) is 4.90 Å². The zero-order valence-corrected chi connectivity index (χ0v) is 14.3. The van der Waals surface area contributed by atoms with Gasteiger partial charge in [-0.3, -0.25) is 4.79 Å². The molecule has 11 heteroatoms. The quantitative estimate of drug-likeness (QED) is 0.788. The van der Waals surface area contributed by atoms with Gasteiger partial charge in [0.25, 0.3) is 0 Å². The summed E-state index contributed by atoms with van der Waals surface area (Å²) in [5.74, 6) is -0.183. The van der Waals surface area contributed by atoms with Crippen LogP contribution in [0.3, 0.4) is 0 Å². The van der Waals surface area contributed by atoms with Gasteiger partial charge >= 0.3 is 6.55 Å². The van der Waals surface area contributed by atoms with Gasteiger partial charge in [0.2, 0.25) is 15.9 Å². The zero-order chi connectivity index (χ0) is 17.9. The molecule has 8 nitrogen and oxygen atoms in total. The lowest BCUT2D eigenvalue weighted by Gasteiger charge is -2.26. The molecule has 0 unspecified atom stereocenters. The lowest BCUT2D eigenvalue weighted by molar-refractivity contribution is -0.135. The number of rotatable bonds is 6. The lowest BCUT2D eigenvalue weighted by Crippen LogP contribution is -2.42. The average Bonchev–Trinajstić information content (AvgIpc) is 2.83. The highest BCUT2D eigenvalue weighted by atomic mass is 32.2. The summed E-state index contributed by atoms with van der Waals surface area (Å²) >= 11 is 0. The SMILES string of the molecule is Cc1nn(C(F)F)c(C)c1S(=O)(=O)NCCC(=O)N1CCOCC1. The van der Waals surface area contributed by atoms with E-state index in [9.17, 15) is 22.0 Å². The fourth-order valence-electron chi connectivity index (χ4n) is 2.56. The first-order chi connectivity index (χ1) is 11.2. The zero-order valence-electron chi connectivity index (χ0n) is 13.5. The minimum absolute atomic E-state index is 0.0136. The molecule has 1 aromatic rings. The summed E-state index contributed by atoms with van der Waals surface area (Å²) in [5, 5.41) is 3.55. The van der Waals surface area contributed by atoms with Gasteiger partial charge in [-0.05, 0) is 13.8 Å². The van der Waals surface area contributed by atoms with Crippen LogP contribution in [0, 0.1) is 13.8 Å². The lowest BCUT2D eigenvalue weighted by atomic mass is 10.3. The largest absolute Gasteiger partial charge is 0.378 e. The number of aromatic nitrogens is 2. The number of nitrogens with zero attached hydrogens (tertiary/aromatic N) is 3. The predicted octanol–water partition coefficient (Wildman–Crippen LogP) is 0.422. The number of ether oxygens (including phenoxy) is 1. The highest BCUT2D eigenvalue weighted by Crippen LogP contribution is 2.23. The molecule has 0 saturated carbocycles. The maximum Gasteiger partial charge on any atom is 0.333 e. The number of hydrogen-bond donors (Lipinski definition) is 1. The van der Waals surface area contributed by atoms with Crippen LogP contribution < -0.4 is 4.72 Å². The first-order valence-corrected chi connectivity index (χ1v) is 8.91. The molecule has 1 aliphatic heterocycles. The Labute approximate surface area is 138 Å². The van der Waals surface area contributed by atoms with Gasteiger partial charge in [0, 0.05) is 26.1 Å². The van der Waals surface area contributed by atoms with Gasteiger partial charge in [-0.25, -0.2) is 17.8 Å². The molecule has 1 saturated heterocycles. The normalized spacial score (nSPS) is 16.0. The molecule has 2 heterocycles. The van der Waals surface area contributed by atoms with Crippen molar-refractivity contribution in [2.75, 3.05) is 32.8 Å². The standard InChI is InChI=1S/C13H20F2N4O4S/c1-9-12(10(2)19(17-9)13(14)15)24(21,22)16-4-3-11(20)18-5-7-23-8-6-18/h13,16H,3-8H2,1-2H3. The van der Waals surface area contributed by atoms with E-state index < -0.39 is 16.6 Å². The van der Waals surface area contributed by atoms with Gasteiger partial charge in [0.1, 0.15) is 4.90 Å². The third-order valence-corrected chi connectivity index (χ3v) is 5.42. The van der Waals surface area contributed by atoms with Gasteiger partial charge in [-0.2, -0.15) is 13.9 Å². The molecule has 1 fully saturated rings. The van der Waals surface area contributed by atoms with Crippen LogP contribution in [0.2, 0.25) is 0 Å². The maximum atomic E-state index is 12.8. The van der Waals surface area contributed by atoms with E-state index in [1.54, 1.807) is 4.90 Å². The van der Waals surface area contributed by atoms with Gasteiger partial charge in [-0.1, -0.05) is 0 Å². The summed E-state index contributed by atoms with van der Waals surface area (Å²) < 4.78 is 58.0. The third kappa shape index (κ3) is 4.08. The second kappa shape index (κ2) is 7.53. The van der Waals surface area contributed by atoms with Crippen LogP contribution in [0.1, 0.15) is 24.4 Å². The molecule has 0 radical (unpaired) electrons. The van der Waals surface area contributed by atoms with Crippen LogP contribution in [0.5, 0.6) is 0 Å². The molecule has 1 amide bonds. The Morgan fingerprint density at radius 2 is 1.96 bits per heavy atom. The Bertz CT molecular complexity index is 699. The third-order valence-electron chi connectivity index (χ3n) is 3.71. The van der Waals surface area contributed by atoms with E-state index in [0.717, 1.165) is 0 Å². The number of aryl methyl sites for hydroxylation is 1. The molecular weight excluding hydrogens is 346 g/mol. The van der Waals surface area contributed by atoms with Crippen LogP contribution in [0.25, 0.3) is 0 Å². The minimum atomic E-state index is -4.02. The van der Waals surface area contributed by atoms with Gasteiger partial charge in [0.15, 0.2) is 0 Å². The van der Waals surface area contributed by atoms with Crippen molar-refractivity contribution in [3.63, 3.8) is 0 Å². The summed E-state index contributed by atoms with van der Waals surface area (Å²) in [7, 11) is -4.02. The number of alkyl halides is 2. The van der Waals surface area contributed by atoms with Crippen molar-refractivity contribution in [2.45, 2.75) is 31.7 Å². The van der Waals surface area contributed by atoms with E-state index in [0.29, 0.717) is 31.0 Å². The van der Waals surface area contributed by atoms with E-state index in [4.69, 9.17) is 4.74 Å². The van der Waals surface area contributed by atoms with Crippen molar-refractivity contribution in [1.29, 1.82) is 0 Å². The number of hydrogen-bond acceptors (Lipinski definition) is 5. The molecule has 0 atom stereocenters. The maximum absolute atomic E-state index is 12.8. The van der Waals surface area contributed by atoms with Gasteiger partial charge in [0.05, 0.1) is 24.6 Å². The van der Waals surface area contributed by atoms with E-state index >= 15 is 0 Å². The molecule has 0 spiro atoms. The summed E-state index contributed by atoms with van der Waals surface area (Å²) in [4.78, 5) is 13.3. The molecule has 136 valence electrons. The Morgan fingerprint density at radius 1 is 1.33 bits per heavy atom. The summed E-state index contributed by atoms with van der Waals surface area (Å²) in [6.45, 7) is 1.45. The summed E-state index contributed by atoms with van der Waals surface area (Å²) in [5.41, 5.74) is -0.158. The highest BCUT2D eigenvalue weighted by Gasteiger charge is 2.27. The van der Waals surface area contributed by atoms with Crippen molar-refractivity contribution in [1.82, 2.24) is 19.4 Å². The summed E-state index contributed by atoms with van der Waals surface area (Å²) in [6.07, 6.45) is -0.0136. The van der Waals surface area contributed by atoms with Crippen molar-refractivity contribution in [3.05, 3.63) is 11.4 Å². The van der Waals surface area contributed by atoms with Crippen LogP contribution in [-0.2, 0) is 19.6 Å². The molecule has 1 aliphatic rings. The number of sulfonamides is 1. The molecule has 0 aliphatic carbocycles. The Balaban J connectivity index is 2.00. The first-order valence-electron chi connectivity index (χ1n) is 7.43. The predicted molar refractivity (Wildman–Crippen MR) is 80.2 cm³/mol. The van der Waals surface area contributed by atoms with E-state index in [1.165, 1.54) is 13.8 Å². The van der Waals surface area contributed by atoms with Crippen molar-refractivity contribution in [2.24, 2.45) is 0 Å².